The Morgan fingerprint density at radius 3 is 2.64 bits per heavy atom. The van der Waals surface area contributed by atoms with Gasteiger partial charge in [-0.2, -0.15) is 5.10 Å². The second kappa shape index (κ2) is 8.59. The summed E-state index contributed by atoms with van der Waals surface area (Å²) < 4.78 is 18.3. The fraction of sp³-hybridized carbons (Fsp3) is 0.208. The van der Waals surface area contributed by atoms with Crippen LogP contribution in [-0.2, 0) is 9.53 Å². The molecule has 0 saturated carbocycles. The molecular formula is C24H21N3O5S. The number of fused-ring (bicyclic) bond motifs is 2. The Hall–Kier alpha value is -3.85. The number of carbonyl (C=O) groups is 2. The predicted molar refractivity (Wildman–Crippen MR) is 125 cm³/mol. The quantitative estimate of drug-likeness (QED) is 0.443. The Morgan fingerprint density at radius 1 is 1.09 bits per heavy atom. The van der Waals surface area contributed by atoms with E-state index in [0.717, 1.165) is 21.6 Å². The summed E-state index contributed by atoms with van der Waals surface area (Å²) in [6, 6.07) is 16.6. The van der Waals surface area contributed by atoms with Gasteiger partial charge >= 0.3 is 5.97 Å². The van der Waals surface area contributed by atoms with Gasteiger partial charge in [0.15, 0.2) is 17.6 Å². The van der Waals surface area contributed by atoms with Gasteiger partial charge in [-0.1, -0.05) is 18.2 Å². The SMILES string of the molecule is Cc1nn(-c2ccccc2)c2sc(C(=O)OC(C)C(=O)Nc3ccc4c(c3)OCCO4)cc12. The van der Waals surface area contributed by atoms with E-state index in [4.69, 9.17) is 14.2 Å². The summed E-state index contributed by atoms with van der Waals surface area (Å²) in [6.07, 6.45) is -0.984. The summed E-state index contributed by atoms with van der Waals surface area (Å²) in [5.74, 6) is 0.206. The number of rotatable bonds is 5. The van der Waals surface area contributed by atoms with Gasteiger partial charge in [0.25, 0.3) is 5.91 Å². The van der Waals surface area contributed by atoms with Gasteiger partial charge in [0, 0.05) is 17.1 Å². The maximum atomic E-state index is 12.8. The number of carbonyl (C=O) groups excluding carboxylic acids is 2. The van der Waals surface area contributed by atoms with Crippen molar-refractivity contribution in [3.05, 3.63) is 65.2 Å². The number of aromatic nitrogens is 2. The largest absolute Gasteiger partial charge is 0.486 e. The number of amides is 1. The van der Waals surface area contributed by atoms with E-state index in [1.807, 2.05) is 41.9 Å². The molecule has 1 aliphatic rings. The van der Waals surface area contributed by atoms with Crippen molar-refractivity contribution >= 4 is 39.1 Å². The van der Waals surface area contributed by atoms with Crippen LogP contribution >= 0.6 is 11.3 Å². The van der Waals surface area contributed by atoms with E-state index in [-0.39, 0.29) is 0 Å². The minimum Gasteiger partial charge on any atom is -0.486 e. The minimum atomic E-state index is -0.984. The van der Waals surface area contributed by atoms with Crippen molar-refractivity contribution in [2.45, 2.75) is 20.0 Å². The number of para-hydroxylation sites is 1. The number of benzene rings is 2. The molecule has 0 spiro atoms. The van der Waals surface area contributed by atoms with E-state index in [9.17, 15) is 9.59 Å². The van der Waals surface area contributed by atoms with Crippen LogP contribution in [0.5, 0.6) is 11.5 Å². The third-order valence-corrected chi connectivity index (χ3v) is 6.30. The van der Waals surface area contributed by atoms with Gasteiger partial charge in [-0.05, 0) is 44.2 Å². The lowest BCUT2D eigenvalue weighted by Gasteiger charge is -2.19. The molecule has 0 fully saturated rings. The Morgan fingerprint density at radius 2 is 1.85 bits per heavy atom. The average molecular weight is 464 g/mol. The van der Waals surface area contributed by atoms with Crippen LogP contribution in [-0.4, -0.2) is 41.0 Å². The molecular weight excluding hydrogens is 442 g/mol. The number of ether oxygens (including phenoxy) is 3. The number of esters is 1. The van der Waals surface area contributed by atoms with Crippen LogP contribution in [0.2, 0.25) is 0 Å². The molecule has 1 N–H and O–H groups in total. The molecule has 0 aliphatic carbocycles. The van der Waals surface area contributed by atoms with Crippen molar-refractivity contribution in [3.63, 3.8) is 0 Å². The number of nitrogens with zero attached hydrogens (tertiary/aromatic N) is 2. The lowest BCUT2D eigenvalue weighted by Crippen LogP contribution is -2.29. The third kappa shape index (κ3) is 4.14. The van der Waals surface area contributed by atoms with Gasteiger partial charge in [-0.3, -0.25) is 4.79 Å². The maximum Gasteiger partial charge on any atom is 0.349 e. The average Bonchev–Trinajstić information content (AvgIpc) is 3.40. The van der Waals surface area contributed by atoms with Crippen LogP contribution in [0.25, 0.3) is 15.9 Å². The molecule has 0 bridgehead atoms. The molecule has 1 atom stereocenters. The highest BCUT2D eigenvalue weighted by Gasteiger charge is 2.23. The first-order chi connectivity index (χ1) is 16.0. The molecule has 2 aromatic carbocycles. The first-order valence-corrected chi connectivity index (χ1v) is 11.3. The third-order valence-electron chi connectivity index (χ3n) is 5.21. The van der Waals surface area contributed by atoms with Crippen molar-refractivity contribution in [1.29, 1.82) is 0 Å². The molecule has 4 aromatic rings. The molecule has 1 aliphatic heterocycles. The van der Waals surface area contributed by atoms with Crippen molar-refractivity contribution in [2.75, 3.05) is 18.5 Å². The van der Waals surface area contributed by atoms with E-state index in [1.165, 1.54) is 18.3 Å². The summed E-state index contributed by atoms with van der Waals surface area (Å²) in [5.41, 5.74) is 2.26. The van der Waals surface area contributed by atoms with Crippen molar-refractivity contribution in [3.8, 4) is 17.2 Å². The van der Waals surface area contributed by atoms with Gasteiger partial charge < -0.3 is 19.5 Å². The monoisotopic (exact) mass is 463 g/mol. The molecule has 9 heteroatoms. The standard InChI is InChI=1S/C24H21N3O5S/c1-14-18-13-21(33-23(18)27(26-14)17-6-4-3-5-7-17)24(29)32-15(2)22(28)25-16-8-9-19-20(12-16)31-11-10-30-19/h3-9,12-13,15H,10-11H2,1-2H3,(H,25,28). The fourth-order valence-electron chi connectivity index (χ4n) is 3.53. The van der Waals surface area contributed by atoms with Crippen LogP contribution < -0.4 is 14.8 Å². The number of nitrogens with one attached hydrogen (secondary N) is 1. The van der Waals surface area contributed by atoms with Crippen molar-refractivity contribution < 1.29 is 23.8 Å². The Balaban J connectivity index is 1.29. The molecule has 168 valence electrons. The van der Waals surface area contributed by atoms with Crippen LogP contribution in [0.3, 0.4) is 0 Å². The zero-order valence-corrected chi connectivity index (χ0v) is 18.8. The van der Waals surface area contributed by atoms with Crippen LogP contribution in [0.15, 0.2) is 54.6 Å². The summed E-state index contributed by atoms with van der Waals surface area (Å²) in [6.45, 7) is 4.38. The summed E-state index contributed by atoms with van der Waals surface area (Å²) >= 11 is 1.28. The Bertz CT molecular complexity index is 1350. The number of anilines is 1. The summed E-state index contributed by atoms with van der Waals surface area (Å²) in [5, 5.41) is 8.21. The molecule has 0 saturated heterocycles. The zero-order valence-electron chi connectivity index (χ0n) is 18.0. The Kier molecular flexibility index (Phi) is 5.47. The van der Waals surface area contributed by atoms with Gasteiger partial charge in [-0.25, -0.2) is 9.48 Å². The van der Waals surface area contributed by atoms with E-state index >= 15 is 0 Å². The summed E-state index contributed by atoms with van der Waals surface area (Å²) in [7, 11) is 0. The maximum absolute atomic E-state index is 12.8. The van der Waals surface area contributed by atoms with Gasteiger partial charge in [0.1, 0.15) is 22.9 Å². The highest BCUT2D eigenvalue weighted by molar-refractivity contribution is 7.20. The molecule has 33 heavy (non-hydrogen) atoms. The highest BCUT2D eigenvalue weighted by atomic mass is 32.1. The molecule has 2 aromatic heterocycles. The second-order valence-electron chi connectivity index (χ2n) is 7.56. The molecule has 1 unspecified atom stereocenters. The van der Waals surface area contributed by atoms with Gasteiger partial charge in [0.2, 0.25) is 0 Å². The normalized spacial score (nSPS) is 13.5. The van der Waals surface area contributed by atoms with Crippen LogP contribution in [0.4, 0.5) is 5.69 Å². The molecule has 0 radical (unpaired) electrons. The minimum absolute atomic E-state index is 0.411. The number of hydrogen-bond acceptors (Lipinski definition) is 7. The Labute approximate surface area is 193 Å². The van der Waals surface area contributed by atoms with Crippen LogP contribution in [0.1, 0.15) is 22.3 Å². The smallest absolute Gasteiger partial charge is 0.349 e. The predicted octanol–water partition coefficient (Wildman–Crippen LogP) is 4.35. The molecule has 1 amide bonds. The highest BCUT2D eigenvalue weighted by Crippen LogP contribution is 2.33. The second-order valence-corrected chi connectivity index (χ2v) is 8.59. The zero-order chi connectivity index (χ0) is 22.9. The first kappa shape index (κ1) is 21.0. The number of aryl methyl sites for hydroxylation is 1. The van der Waals surface area contributed by atoms with Crippen LogP contribution in [0, 0.1) is 6.92 Å². The molecule has 3 heterocycles. The number of hydrogen-bond donors (Lipinski definition) is 1. The van der Waals surface area contributed by atoms with E-state index in [2.05, 4.69) is 10.4 Å². The lowest BCUT2D eigenvalue weighted by molar-refractivity contribution is -0.123. The fourth-order valence-corrected chi connectivity index (χ4v) is 4.59. The van der Waals surface area contributed by atoms with E-state index in [0.29, 0.717) is 35.3 Å². The molecule has 8 nitrogen and oxygen atoms in total. The van der Waals surface area contributed by atoms with E-state index < -0.39 is 18.0 Å². The van der Waals surface area contributed by atoms with E-state index in [1.54, 1.807) is 24.3 Å². The molecule has 5 rings (SSSR count). The summed E-state index contributed by atoms with van der Waals surface area (Å²) in [4.78, 5) is 26.6. The topological polar surface area (TPSA) is 91.7 Å². The lowest BCUT2D eigenvalue weighted by atomic mass is 10.2. The van der Waals surface area contributed by atoms with Crippen molar-refractivity contribution in [2.24, 2.45) is 0 Å². The number of thiophene rings is 1. The van der Waals surface area contributed by atoms with Crippen molar-refractivity contribution in [1.82, 2.24) is 9.78 Å². The first-order valence-electron chi connectivity index (χ1n) is 10.5. The van der Waals surface area contributed by atoms with Gasteiger partial charge in [0.05, 0.1) is 11.4 Å². The van der Waals surface area contributed by atoms with Gasteiger partial charge in [-0.15, -0.1) is 11.3 Å².